The van der Waals surface area contributed by atoms with Crippen molar-refractivity contribution in [1.29, 1.82) is 0 Å². The largest absolute Gasteiger partial charge is 0.327 e. The van der Waals surface area contributed by atoms with Crippen molar-refractivity contribution in [3.63, 3.8) is 0 Å². The first kappa shape index (κ1) is 13.1. The maximum atomic E-state index is 6.50. The third-order valence-electron chi connectivity index (χ3n) is 4.60. The highest BCUT2D eigenvalue weighted by Crippen LogP contribution is 2.33. The molecule has 1 aliphatic carbocycles. The van der Waals surface area contributed by atoms with Crippen molar-refractivity contribution < 1.29 is 0 Å². The summed E-state index contributed by atoms with van der Waals surface area (Å²) in [6, 6.07) is 9.02. The van der Waals surface area contributed by atoms with Gasteiger partial charge >= 0.3 is 0 Å². The van der Waals surface area contributed by atoms with Crippen molar-refractivity contribution in [2.24, 2.45) is 17.6 Å². The molecule has 1 aliphatic rings. The van der Waals surface area contributed by atoms with Crippen molar-refractivity contribution in [1.82, 2.24) is 0 Å². The molecule has 19 heavy (non-hydrogen) atoms. The van der Waals surface area contributed by atoms with Crippen molar-refractivity contribution in [2.75, 3.05) is 0 Å². The van der Waals surface area contributed by atoms with Crippen LogP contribution in [-0.2, 0) is 6.42 Å². The van der Waals surface area contributed by atoms with Crippen LogP contribution in [0.25, 0.3) is 10.1 Å². The molecule has 0 aliphatic heterocycles. The minimum absolute atomic E-state index is 0.334. The molecule has 102 valence electrons. The molecule has 0 saturated heterocycles. The standard InChI is InChI=1S/C17H23NS/c1-12-5-4-6-13(9-12)16(18)10-14-11-19-17-8-3-2-7-15(14)17/h2-3,7-8,11-13,16H,4-6,9-10,18H2,1H3. The Kier molecular flexibility index (Phi) is 3.90. The molecule has 3 rings (SSSR count). The van der Waals surface area contributed by atoms with E-state index < -0.39 is 0 Å². The average Bonchev–Trinajstić information content (AvgIpc) is 2.82. The third-order valence-corrected chi connectivity index (χ3v) is 5.61. The van der Waals surface area contributed by atoms with Gasteiger partial charge in [-0.05, 0) is 53.5 Å². The van der Waals surface area contributed by atoms with Crippen LogP contribution in [0.15, 0.2) is 29.6 Å². The van der Waals surface area contributed by atoms with Crippen LogP contribution in [0.2, 0.25) is 0 Å². The number of thiophene rings is 1. The van der Waals surface area contributed by atoms with Crippen LogP contribution >= 0.6 is 11.3 Å². The van der Waals surface area contributed by atoms with Crippen molar-refractivity contribution in [3.05, 3.63) is 35.2 Å². The van der Waals surface area contributed by atoms with Gasteiger partial charge in [0.05, 0.1) is 0 Å². The van der Waals surface area contributed by atoms with Crippen LogP contribution in [0, 0.1) is 11.8 Å². The number of rotatable bonds is 3. The van der Waals surface area contributed by atoms with Gasteiger partial charge in [-0.3, -0.25) is 0 Å². The first-order valence-corrected chi connectivity index (χ1v) is 8.32. The number of nitrogens with two attached hydrogens (primary N) is 1. The average molecular weight is 273 g/mol. The lowest BCUT2D eigenvalue weighted by Gasteiger charge is -2.31. The molecule has 0 radical (unpaired) electrons. The van der Waals surface area contributed by atoms with Gasteiger partial charge in [-0.1, -0.05) is 38.0 Å². The monoisotopic (exact) mass is 273 g/mol. The summed E-state index contributed by atoms with van der Waals surface area (Å²) < 4.78 is 1.39. The molecule has 1 saturated carbocycles. The second-order valence-corrected chi connectivity index (χ2v) is 7.07. The molecule has 3 unspecified atom stereocenters. The molecule has 0 bridgehead atoms. The summed E-state index contributed by atoms with van der Waals surface area (Å²) in [5.41, 5.74) is 7.95. The molecule has 0 spiro atoms. The van der Waals surface area contributed by atoms with E-state index in [-0.39, 0.29) is 0 Å². The molecule has 1 heterocycles. The summed E-state index contributed by atoms with van der Waals surface area (Å²) >= 11 is 1.85. The fraction of sp³-hybridized carbons (Fsp3) is 0.529. The molecule has 2 aromatic rings. The molecule has 1 aromatic heterocycles. The van der Waals surface area contributed by atoms with Crippen LogP contribution in [-0.4, -0.2) is 6.04 Å². The van der Waals surface area contributed by atoms with Gasteiger partial charge in [0.2, 0.25) is 0 Å². The van der Waals surface area contributed by atoms with E-state index in [1.54, 1.807) is 0 Å². The van der Waals surface area contributed by atoms with E-state index in [0.29, 0.717) is 6.04 Å². The highest BCUT2D eigenvalue weighted by molar-refractivity contribution is 7.17. The predicted octanol–water partition coefficient (Wildman–Crippen LogP) is 4.60. The zero-order chi connectivity index (χ0) is 13.2. The van der Waals surface area contributed by atoms with Crippen LogP contribution in [0.1, 0.15) is 38.2 Å². The maximum Gasteiger partial charge on any atom is 0.0345 e. The summed E-state index contributed by atoms with van der Waals surface area (Å²) in [4.78, 5) is 0. The fourth-order valence-corrected chi connectivity index (χ4v) is 4.46. The van der Waals surface area contributed by atoms with Crippen molar-refractivity contribution in [2.45, 2.75) is 45.1 Å². The SMILES string of the molecule is CC1CCCC(C(N)Cc2csc3ccccc23)C1. The molecule has 1 nitrogen and oxygen atoms in total. The lowest BCUT2D eigenvalue weighted by Crippen LogP contribution is -2.35. The summed E-state index contributed by atoms with van der Waals surface area (Å²) in [6.07, 6.45) is 6.45. The molecule has 1 fully saturated rings. The lowest BCUT2D eigenvalue weighted by atomic mass is 9.77. The van der Waals surface area contributed by atoms with Gasteiger partial charge in [0, 0.05) is 10.7 Å². The second kappa shape index (κ2) is 5.64. The van der Waals surface area contributed by atoms with Crippen molar-refractivity contribution in [3.8, 4) is 0 Å². The highest BCUT2D eigenvalue weighted by atomic mass is 32.1. The first-order chi connectivity index (χ1) is 9.24. The van der Waals surface area contributed by atoms with Crippen LogP contribution in [0.5, 0.6) is 0 Å². The molecular weight excluding hydrogens is 250 g/mol. The van der Waals surface area contributed by atoms with Crippen molar-refractivity contribution >= 4 is 21.4 Å². The summed E-state index contributed by atoms with van der Waals surface area (Å²) in [7, 11) is 0. The number of fused-ring (bicyclic) bond motifs is 1. The van der Waals surface area contributed by atoms with Gasteiger partial charge in [-0.25, -0.2) is 0 Å². The second-order valence-electron chi connectivity index (χ2n) is 6.16. The van der Waals surface area contributed by atoms with Crippen LogP contribution in [0.3, 0.4) is 0 Å². The topological polar surface area (TPSA) is 26.0 Å². The van der Waals surface area contributed by atoms with Gasteiger partial charge in [0.15, 0.2) is 0 Å². The van der Waals surface area contributed by atoms with E-state index in [1.165, 1.54) is 41.3 Å². The number of benzene rings is 1. The van der Waals surface area contributed by atoms with E-state index in [4.69, 9.17) is 5.73 Å². The molecule has 2 N–H and O–H groups in total. The number of hydrogen-bond acceptors (Lipinski definition) is 2. The van der Waals surface area contributed by atoms with E-state index >= 15 is 0 Å². The van der Waals surface area contributed by atoms with Gasteiger partial charge in [-0.2, -0.15) is 0 Å². The minimum Gasteiger partial charge on any atom is -0.327 e. The highest BCUT2D eigenvalue weighted by Gasteiger charge is 2.24. The third kappa shape index (κ3) is 2.85. The Morgan fingerprint density at radius 2 is 2.16 bits per heavy atom. The van der Waals surface area contributed by atoms with E-state index in [2.05, 4.69) is 36.6 Å². The molecular formula is C17H23NS. The Bertz CT molecular complexity index is 545. The Hall–Kier alpha value is -0.860. The Morgan fingerprint density at radius 1 is 1.32 bits per heavy atom. The molecule has 2 heteroatoms. The summed E-state index contributed by atoms with van der Waals surface area (Å²) in [5, 5.41) is 3.71. The predicted molar refractivity (Wildman–Crippen MR) is 84.6 cm³/mol. The summed E-state index contributed by atoms with van der Waals surface area (Å²) in [5.74, 6) is 1.59. The van der Waals surface area contributed by atoms with Crippen LogP contribution < -0.4 is 5.73 Å². The zero-order valence-electron chi connectivity index (χ0n) is 11.6. The Balaban J connectivity index is 1.73. The summed E-state index contributed by atoms with van der Waals surface area (Å²) in [6.45, 7) is 2.37. The zero-order valence-corrected chi connectivity index (χ0v) is 12.5. The Labute approximate surface area is 119 Å². The smallest absolute Gasteiger partial charge is 0.0345 e. The Morgan fingerprint density at radius 3 is 3.00 bits per heavy atom. The van der Waals surface area contributed by atoms with Gasteiger partial charge < -0.3 is 5.73 Å². The quantitative estimate of drug-likeness (QED) is 0.869. The van der Waals surface area contributed by atoms with Gasteiger partial charge in [0.25, 0.3) is 0 Å². The lowest BCUT2D eigenvalue weighted by molar-refractivity contribution is 0.245. The first-order valence-electron chi connectivity index (χ1n) is 7.44. The van der Waals surface area contributed by atoms with Crippen LogP contribution in [0.4, 0.5) is 0 Å². The molecule has 1 aromatic carbocycles. The maximum absolute atomic E-state index is 6.50. The minimum atomic E-state index is 0.334. The van der Waals surface area contributed by atoms with Gasteiger partial charge in [-0.15, -0.1) is 11.3 Å². The van der Waals surface area contributed by atoms with Gasteiger partial charge in [0.1, 0.15) is 0 Å². The van der Waals surface area contributed by atoms with E-state index in [9.17, 15) is 0 Å². The molecule has 3 atom stereocenters. The molecule has 0 amide bonds. The normalized spacial score (nSPS) is 25.6. The number of hydrogen-bond donors (Lipinski definition) is 1. The van der Waals surface area contributed by atoms with E-state index in [1.807, 2.05) is 11.3 Å². The van der Waals surface area contributed by atoms with E-state index in [0.717, 1.165) is 18.3 Å². The fourth-order valence-electron chi connectivity index (χ4n) is 3.48.